The summed E-state index contributed by atoms with van der Waals surface area (Å²) in [6.07, 6.45) is -3.83. The summed E-state index contributed by atoms with van der Waals surface area (Å²) in [6.45, 7) is 3.60. The quantitative estimate of drug-likeness (QED) is 0.901. The summed E-state index contributed by atoms with van der Waals surface area (Å²) in [6, 6.07) is 5.09. The van der Waals surface area contributed by atoms with E-state index in [1.807, 2.05) is 11.8 Å². The van der Waals surface area contributed by atoms with Crippen LogP contribution in [0.4, 0.5) is 13.2 Å². The number of carboxylic acid groups (broad SMARTS) is 1. The summed E-state index contributed by atoms with van der Waals surface area (Å²) in [5.74, 6) is -1.21. The van der Waals surface area contributed by atoms with E-state index < -0.39 is 23.6 Å². The second-order valence-corrected chi connectivity index (χ2v) is 5.98. The molecule has 128 valence electrons. The third kappa shape index (κ3) is 4.86. The van der Waals surface area contributed by atoms with Gasteiger partial charge in [-0.3, -0.25) is 9.69 Å². The lowest BCUT2D eigenvalue weighted by Crippen LogP contribution is -2.44. The summed E-state index contributed by atoms with van der Waals surface area (Å²) in [5, 5.41) is 9.12. The van der Waals surface area contributed by atoms with Gasteiger partial charge in [0.25, 0.3) is 0 Å². The van der Waals surface area contributed by atoms with Crippen molar-refractivity contribution in [3.63, 3.8) is 0 Å². The summed E-state index contributed by atoms with van der Waals surface area (Å²) < 4.78 is 43.9. The van der Waals surface area contributed by atoms with Crippen molar-refractivity contribution in [2.45, 2.75) is 19.5 Å². The number of rotatable bonds is 5. The molecule has 1 aromatic rings. The minimum absolute atomic E-state index is 0.0894. The van der Waals surface area contributed by atoms with Gasteiger partial charge in [-0.2, -0.15) is 13.2 Å². The zero-order chi connectivity index (χ0) is 17.0. The van der Waals surface area contributed by atoms with Crippen LogP contribution < -0.4 is 4.74 Å². The van der Waals surface area contributed by atoms with Crippen LogP contribution in [0.3, 0.4) is 0 Å². The molecular weight excluding hydrogens is 311 g/mol. The van der Waals surface area contributed by atoms with E-state index in [-0.39, 0.29) is 18.3 Å². The Labute approximate surface area is 132 Å². The highest BCUT2D eigenvalue weighted by Gasteiger charge is 2.34. The predicted octanol–water partition coefficient (Wildman–Crippen LogP) is 3.13. The van der Waals surface area contributed by atoms with E-state index in [1.165, 1.54) is 18.2 Å². The van der Waals surface area contributed by atoms with Crippen molar-refractivity contribution in [2.75, 3.05) is 26.2 Å². The molecule has 0 spiro atoms. The highest BCUT2D eigenvalue weighted by atomic mass is 19.4. The minimum Gasteiger partial charge on any atom is -0.492 e. The first-order valence-electron chi connectivity index (χ1n) is 7.51. The van der Waals surface area contributed by atoms with Crippen LogP contribution in [0.2, 0.25) is 0 Å². The predicted molar refractivity (Wildman–Crippen MR) is 78.3 cm³/mol. The average Bonchev–Trinajstić information content (AvgIpc) is 2.46. The molecule has 1 fully saturated rings. The van der Waals surface area contributed by atoms with E-state index in [1.54, 1.807) is 0 Å². The topological polar surface area (TPSA) is 49.8 Å². The van der Waals surface area contributed by atoms with Crippen molar-refractivity contribution in [2.24, 2.45) is 11.8 Å². The molecule has 0 saturated carbocycles. The fourth-order valence-electron chi connectivity index (χ4n) is 2.93. The van der Waals surface area contributed by atoms with Crippen molar-refractivity contribution in [3.05, 3.63) is 29.8 Å². The maximum absolute atomic E-state index is 12.9. The van der Waals surface area contributed by atoms with Crippen LogP contribution in [-0.2, 0) is 11.0 Å². The Balaban J connectivity index is 1.91. The Bertz CT molecular complexity index is 548. The molecule has 1 saturated heterocycles. The maximum atomic E-state index is 12.9. The molecule has 0 amide bonds. The molecule has 1 aromatic carbocycles. The number of benzene rings is 1. The van der Waals surface area contributed by atoms with Gasteiger partial charge in [0.1, 0.15) is 12.4 Å². The maximum Gasteiger partial charge on any atom is 0.419 e. The first-order chi connectivity index (χ1) is 10.8. The monoisotopic (exact) mass is 331 g/mol. The lowest BCUT2D eigenvalue weighted by Gasteiger charge is -2.34. The zero-order valence-corrected chi connectivity index (χ0v) is 12.8. The SMILES string of the molecule is CC1CC(C(=O)O)CN(CCOc2ccccc2C(F)(F)F)C1. The van der Waals surface area contributed by atoms with Crippen LogP contribution in [0.5, 0.6) is 5.75 Å². The molecule has 23 heavy (non-hydrogen) atoms. The Morgan fingerprint density at radius 1 is 1.35 bits per heavy atom. The van der Waals surface area contributed by atoms with E-state index in [9.17, 15) is 18.0 Å². The molecule has 1 N–H and O–H groups in total. The summed E-state index contributed by atoms with van der Waals surface area (Å²) in [4.78, 5) is 13.0. The number of hydrogen-bond donors (Lipinski definition) is 1. The van der Waals surface area contributed by atoms with E-state index in [0.29, 0.717) is 19.5 Å². The highest BCUT2D eigenvalue weighted by molar-refractivity contribution is 5.70. The van der Waals surface area contributed by atoms with Gasteiger partial charge >= 0.3 is 12.1 Å². The minimum atomic E-state index is -4.45. The molecule has 0 bridgehead atoms. The third-order valence-electron chi connectivity index (χ3n) is 3.94. The number of aliphatic carboxylic acids is 1. The Morgan fingerprint density at radius 2 is 2.04 bits per heavy atom. The molecule has 1 aliphatic heterocycles. The van der Waals surface area contributed by atoms with Crippen molar-refractivity contribution in [3.8, 4) is 5.75 Å². The van der Waals surface area contributed by atoms with Gasteiger partial charge in [0, 0.05) is 19.6 Å². The Morgan fingerprint density at radius 3 is 2.70 bits per heavy atom. The lowest BCUT2D eigenvalue weighted by atomic mass is 9.90. The van der Waals surface area contributed by atoms with Crippen molar-refractivity contribution < 1.29 is 27.8 Å². The molecule has 2 rings (SSSR count). The first-order valence-corrected chi connectivity index (χ1v) is 7.51. The average molecular weight is 331 g/mol. The summed E-state index contributed by atoms with van der Waals surface area (Å²) >= 11 is 0. The van der Waals surface area contributed by atoms with E-state index in [0.717, 1.165) is 12.6 Å². The summed E-state index contributed by atoms with van der Waals surface area (Å²) in [7, 11) is 0. The molecule has 4 nitrogen and oxygen atoms in total. The number of likely N-dealkylation sites (tertiary alicyclic amines) is 1. The highest BCUT2D eigenvalue weighted by Crippen LogP contribution is 2.35. The van der Waals surface area contributed by atoms with Gasteiger partial charge in [-0.25, -0.2) is 0 Å². The molecule has 2 unspecified atom stereocenters. The molecule has 2 atom stereocenters. The fraction of sp³-hybridized carbons (Fsp3) is 0.562. The van der Waals surface area contributed by atoms with Crippen LogP contribution in [0.15, 0.2) is 24.3 Å². The van der Waals surface area contributed by atoms with Crippen LogP contribution in [0.1, 0.15) is 18.9 Å². The second kappa shape index (κ2) is 7.21. The van der Waals surface area contributed by atoms with Crippen molar-refractivity contribution >= 4 is 5.97 Å². The normalized spacial score (nSPS) is 22.8. The van der Waals surface area contributed by atoms with Gasteiger partial charge in [0.05, 0.1) is 11.5 Å². The molecule has 0 aromatic heterocycles. The van der Waals surface area contributed by atoms with Crippen LogP contribution in [-0.4, -0.2) is 42.2 Å². The van der Waals surface area contributed by atoms with Gasteiger partial charge < -0.3 is 9.84 Å². The third-order valence-corrected chi connectivity index (χ3v) is 3.94. The standard InChI is InChI=1S/C16H20F3NO3/c1-11-8-12(15(21)22)10-20(9-11)6-7-23-14-5-3-2-4-13(14)16(17,18)19/h2-5,11-12H,6-10H2,1H3,(H,21,22). The Hall–Kier alpha value is -1.76. The molecule has 0 radical (unpaired) electrons. The lowest BCUT2D eigenvalue weighted by molar-refractivity contribution is -0.144. The van der Waals surface area contributed by atoms with E-state index >= 15 is 0 Å². The van der Waals surface area contributed by atoms with Gasteiger partial charge in [-0.15, -0.1) is 0 Å². The summed E-state index contributed by atoms with van der Waals surface area (Å²) in [5.41, 5.74) is -0.796. The largest absolute Gasteiger partial charge is 0.492 e. The molecule has 0 aliphatic carbocycles. The Kier molecular flexibility index (Phi) is 5.51. The first kappa shape index (κ1) is 17.6. The smallest absolute Gasteiger partial charge is 0.419 e. The van der Waals surface area contributed by atoms with Gasteiger partial charge in [-0.1, -0.05) is 19.1 Å². The number of alkyl halides is 3. The van der Waals surface area contributed by atoms with Crippen molar-refractivity contribution in [1.82, 2.24) is 4.90 Å². The molecule has 1 aliphatic rings. The number of piperidine rings is 1. The van der Waals surface area contributed by atoms with Crippen molar-refractivity contribution in [1.29, 1.82) is 0 Å². The van der Waals surface area contributed by atoms with Gasteiger partial charge in [0.2, 0.25) is 0 Å². The van der Waals surface area contributed by atoms with E-state index in [2.05, 4.69) is 0 Å². The second-order valence-electron chi connectivity index (χ2n) is 5.98. The van der Waals surface area contributed by atoms with E-state index in [4.69, 9.17) is 9.84 Å². The molecule has 7 heteroatoms. The number of para-hydroxylation sites is 1. The van der Waals surface area contributed by atoms with Gasteiger partial charge in [-0.05, 0) is 24.5 Å². The van der Waals surface area contributed by atoms with Gasteiger partial charge in [0.15, 0.2) is 0 Å². The number of nitrogens with zero attached hydrogens (tertiary/aromatic N) is 1. The number of ether oxygens (including phenoxy) is 1. The molecule has 1 heterocycles. The van der Waals surface area contributed by atoms with Crippen LogP contribution in [0.25, 0.3) is 0 Å². The van der Waals surface area contributed by atoms with Crippen LogP contribution >= 0.6 is 0 Å². The molecular formula is C16H20F3NO3. The number of hydrogen-bond acceptors (Lipinski definition) is 3. The van der Waals surface area contributed by atoms with Crippen LogP contribution in [0, 0.1) is 11.8 Å². The number of halogens is 3. The zero-order valence-electron chi connectivity index (χ0n) is 12.8. The number of carbonyl (C=O) groups is 1. The fourth-order valence-corrected chi connectivity index (χ4v) is 2.93. The number of carboxylic acids is 1.